The van der Waals surface area contributed by atoms with Crippen molar-refractivity contribution in [3.8, 4) is 12.8 Å². The van der Waals surface area contributed by atoms with E-state index >= 15 is 0 Å². The van der Waals surface area contributed by atoms with Crippen LogP contribution in [0.4, 0.5) is 13.2 Å². The van der Waals surface area contributed by atoms with Crippen LogP contribution in [0.3, 0.4) is 0 Å². The Morgan fingerprint density at radius 2 is 1.60 bits per heavy atom. The van der Waals surface area contributed by atoms with Gasteiger partial charge in [0.15, 0.2) is 0 Å². The Hall–Kier alpha value is -4.60. The Kier molecular flexibility index (Phi) is 17.4. The molecule has 246 valence electrons. The number of allylic oxidation sites excluding steroid dienone is 2. The van der Waals surface area contributed by atoms with Gasteiger partial charge in [-0.2, -0.15) is 13.2 Å². The lowest BCUT2D eigenvalue weighted by atomic mass is 10.1. The van der Waals surface area contributed by atoms with Crippen molar-refractivity contribution < 1.29 is 41.8 Å². The third-order valence-corrected chi connectivity index (χ3v) is 6.28. The second-order valence-electron chi connectivity index (χ2n) is 9.71. The quantitative estimate of drug-likeness (QED) is 0.188. The predicted octanol–water partition coefficient (Wildman–Crippen LogP) is 3.82. The minimum absolute atomic E-state index is 0.0497. The van der Waals surface area contributed by atoms with Crippen LogP contribution in [0.1, 0.15) is 45.6 Å². The van der Waals surface area contributed by atoms with Crippen LogP contribution >= 0.6 is 0 Å². The SMILES string of the molecule is C#C.CCN(Cc1ccccc1)C(=O)[C@H](OC(C)=O)[C@@H](OC(C)=O)C(=O)NCCCCCN1C/C=C\C=C/CN=C1C(F)(F)F. The largest absolute Gasteiger partial charge is 0.449 e. The molecule has 0 unspecified atom stereocenters. The van der Waals surface area contributed by atoms with Gasteiger partial charge in [0.05, 0.1) is 6.54 Å². The van der Waals surface area contributed by atoms with Gasteiger partial charge in [-0.1, -0.05) is 54.6 Å². The summed E-state index contributed by atoms with van der Waals surface area (Å²) in [6.45, 7) is 4.42. The fourth-order valence-electron chi connectivity index (χ4n) is 4.30. The van der Waals surface area contributed by atoms with E-state index in [1.807, 2.05) is 18.2 Å². The molecule has 0 aromatic heterocycles. The molecule has 1 heterocycles. The summed E-state index contributed by atoms with van der Waals surface area (Å²) in [7, 11) is 0. The molecule has 1 aromatic rings. The lowest BCUT2D eigenvalue weighted by Crippen LogP contribution is -2.54. The molecule has 0 aliphatic carbocycles. The summed E-state index contributed by atoms with van der Waals surface area (Å²) in [5, 5.41) is 2.59. The number of ether oxygens (including phenoxy) is 2. The van der Waals surface area contributed by atoms with Gasteiger partial charge in [-0.15, -0.1) is 12.8 Å². The van der Waals surface area contributed by atoms with E-state index in [2.05, 4.69) is 23.2 Å². The van der Waals surface area contributed by atoms with Crippen molar-refractivity contribution in [2.75, 3.05) is 32.7 Å². The molecule has 13 heteroatoms. The second kappa shape index (κ2) is 20.4. The van der Waals surface area contributed by atoms with E-state index in [-0.39, 0.29) is 39.3 Å². The lowest BCUT2D eigenvalue weighted by molar-refractivity contribution is -0.178. The Morgan fingerprint density at radius 3 is 2.20 bits per heavy atom. The third kappa shape index (κ3) is 14.2. The van der Waals surface area contributed by atoms with Gasteiger partial charge in [-0.05, 0) is 31.7 Å². The number of terminal acetylenes is 1. The maximum atomic E-state index is 13.5. The number of hydrogen-bond acceptors (Lipinski definition) is 8. The first-order chi connectivity index (χ1) is 21.4. The first-order valence-corrected chi connectivity index (χ1v) is 14.4. The number of unbranched alkanes of at least 4 members (excludes halogenated alkanes) is 2. The zero-order valence-corrected chi connectivity index (χ0v) is 25.8. The molecule has 1 N–H and O–H groups in total. The smallest absolute Gasteiger partial charge is 0.448 e. The molecule has 2 amide bonds. The number of aliphatic imine (C=N–C) groups is 1. The standard InChI is InChI=1S/C30H39F3N4O6.C2H2/c1-4-36(21-24-15-9-7-10-16-24)28(41)26(43-23(3)39)25(42-22(2)38)27(40)34-17-12-8-14-20-37-19-13-6-5-11-18-35-29(37)30(31,32)33;1-2/h5-7,9-11,13,15-16,25-26H,4,8,12,14,17-21H2,1-3H3,(H,34,40);1-2H/b11-5-,13-6-,35-29?;/t25-,26-;/m1./s1. The van der Waals surface area contributed by atoms with E-state index in [0.717, 1.165) is 19.4 Å². The topological polar surface area (TPSA) is 118 Å². The summed E-state index contributed by atoms with van der Waals surface area (Å²) in [5.74, 6) is -4.18. The molecule has 1 aliphatic rings. The fourth-order valence-corrected chi connectivity index (χ4v) is 4.30. The highest BCUT2D eigenvalue weighted by Crippen LogP contribution is 2.21. The number of alkyl halides is 3. The highest BCUT2D eigenvalue weighted by Gasteiger charge is 2.41. The van der Waals surface area contributed by atoms with Crippen molar-refractivity contribution in [3.05, 3.63) is 60.2 Å². The van der Waals surface area contributed by atoms with E-state index in [4.69, 9.17) is 9.47 Å². The molecule has 0 fully saturated rings. The van der Waals surface area contributed by atoms with Gasteiger partial charge < -0.3 is 24.6 Å². The number of nitrogens with zero attached hydrogens (tertiary/aromatic N) is 3. The van der Waals surface area contributed by atoms with Gasteiger partial charge in [0.2, 0.25) is 18.0 Å². The van der Waals surface area contributed by atoms with Gasteiger partial charge in [0.25, 0.3) is 11.8 Å². The van der Waals surface area contributed by atoms with E-state index in [1.54, 1.807) is 43.4 Å². The van der Waals surface area contributed by atoms with Crippen molar-refractivity contribution in [1.29, 1.82) is 0 Å². The van der Waals surface area contributed by atoms with E-state index in [0.29, 0.717) is 19.3 Å². The number of rotatable bonds is 14. The summed E-state index contributed by atoms with van der Waals surface area (Å²) < 4.78 is 51.0. The van der Waals surface area contributed by atoms with Crippen molar-refractivity contribution in [2.24, 2.45) is 4.99 Å². The maximum absolute atomic E-state index is 13.5. The number of esters is 2. The summed E-state index contributed by atoms with van der Waals surface area (Å²) in [6.07, 6.45) is 7.69. The van der Waals surface area contributed by atoms with Gasteiger partial charge in [0.1, 0.15) is 0 Å². The zero-order valence-electron chi connectivity index (χ0n) is 25.8. The number of nitrogens with one attached hydrogen (secondary N) is 1. The Balaban J connectivity index is 0.00000496. The molecule has 10 nitrogen and oxygen atoms in total. The summed E-state index contributed by atoms with van der Waals surface area (Å²) in [6, 6.07) is 9.06. The number of carbonyl (C=O) groups excluding carboxylic acids is 4. The fraction of sp³-hybridized carbons (Fsp3) is 0.469. The van der Waals surface area contributed by atoms with Crippen LogP contribution in [0.5, 0.6) is 0 Å². The molecule has 0 bridgehead atoms. The Labute approximate surface area is 262 Å². The normalized spacial score (nSPS) is 15.6. The molecule has 0 radical (unpaired) electrons. The van der Waals surface area contributed by atoms with Crippen molar-refractivity contribution in [3.63, 3.8) is 0 Å². The molecule has 0 saturated heterocycles. The van der Waals surface area contributed by atoms with Crippen LogP contribution < -0.4 is 5.32 Å². The molecule has 1 aliphatic heterocycles. The predicted molar refractivity (Wildman–Crippen MR) is 164 cm³/mol. The van der Waals surface area contributed by atoms with Crippen LogP contribution in [-0.4, -0.2) is 90.5 Å². The molecular weight excluding hydrogens is 593 g/mol. The number of likely N-dealkylation sites (N-methyl/N-ethyl adjacent to an activating group) is 1. The zero-order chi connectivity index (χ0) is 33.8. The first-order valence-electron chi connectivity index (χ1n) is 14.4. The number of hydrogen-bond donors (Lipinski definition) is 1. The van der Waals surface area contributed by atoms with Gasteiger partial charge in [0, 0.05) is 46.6 Å². The highest BCUT2D eigenvalue weighted by atomic mass is 19.4. The monoisotopic (exact) mass is 634 g/mol. The summed E-state index contributed by atoms with van der Waals surface area (Å²) in [5.41, 5.74) is 0.806. The molecule has 1 aromatic carbocycles. The number of carbonyl (C=O) groups is 4. The molecule has 45 heavy (non-hydrogen) atoms. The molecular formula is C32H41F3N4O6. The van der Waals surface area contributed by atoms with Crippen LogP contribution in [-0.2, 0) is 35.2 Å². The van der Waals surface area contributed by atoms with E-state index in [9.17, 15) is 32.3 Å². The number of halogens is 3. The number of amidine groups is 1. The molecule has 0 saturated carbocycles. The Morgan fingerprint density at radius 1 is 0.978 bits per heavy atom. The van der Waals surface area contributed by atoms with Crippen molar-refractivity contribution in [2.45, 2.75) is 65.0 Å². The number of benzene rings is 1. The number of amides is 2. The van der Waals surface area contributed by atoms with Gasteiger partial charge in [-0.25, -0.2) is 0 Å². The maximum Gasteiger partial charge on any atom is 0.449 e. The van der Waals surface area contributed by atoms with Crippen LogP contribution in [0, 0.1) is 12.8 Å². The molecule has 2 rings (SSSR count). The van der Waals surface area contributed by atoms with Crippen LogP contribution in [0.15, 0.2) is 59.6 Å². The average Bonchev–Trinajstić information content (AvgIpc) is 3.12. The van der Waals surface area contributed by atoms with E-state index in [1.165, 1.54) is 9.80 Å². The molecule has 2 atom stereocenters. The van der Waals surface area contributed by atoms with E-state index < -0.39 is 48.0 Å². The van der Waals surface area contributed by atoms with Gasteiger partial charge >= 0.3 is 18.1 Å². The highest BCUT2D eigenvalue weighted by molar-refractivity contribution is 5.93. The van der Waals surface area contributed by atoms with Crippen molar-refractivity contribution in [1.82, 2.24) is 15.1 Å². The minimum Gasteiger partial charge on any atom is -0.448 e. The third-order valence-electron chi connectivity index (χ3n) is 6.28. The van der Waals surface area contributed by atoms with Crippen molar-refractivity contribution >= 4 is 29.6 Å². The molecule has 0 spiro atoms. The van der Waals surface area contributed by atoms with Crippen LogP contribution in [0.25, 0.3) is 0 Å². The summed E-state index contributed by atoms with van der Waals surface area (Å²) in [4.78, 5) is 56.5. The van der Waals surface area contributed by atoms with Crippen LogP contribution in [0.2, 0.25) is 0 Å². The Bertz CT molecular complexity index is 1210. The summed E-state index contributed by atoms with van der Waals surface area (Å²) >= 11 is 0. The second-order valence-corrected chi connectivity index (χ2v) is 9.71. The van der Waals surface area contributed by atoms with Gasteiger partial charge in [-0.3, -0.25) is 24.2 Å². The lowest BCUT2D eigenvalue weighted by Gasteiger charge is -2.30. The minimum atomic E-state index is -4.59. The average molecular weight is 635 g/mol. The first kappa shape index (κ1) is 38.4.